The largest absolute Gasteiger partial charge is 0.372 e. The summed E-state index contributed by atoms with van der Waals surface area (Å²) >= 11 is 10.4. The van der Waals surface area contributed by atoms with Crippen LogP contribution in [0.25, 0.3) is 0 Å². The van der Waals surface area contributed by atoms with Crippen LogP contribution in [-0.4, -0.2) is 32.8 Å². The smallest absolute Gasteiger partial charge is 0.334 e. The van der Waals surface area contributed by atoms with Gasteiger partial charge >= 0.3 is 13.4 Å². The third kappa shape index (κ3) is 11.3. The predicted octanol–water partition coefficient (Wildman–Crippen LogP) is 2.70. The molecule has 0 atom stereocenters. The van der Waals surface area contributed by atoms with Crippen molar-refractivity contribution in [1.82, 2.24) is 0 Å². The summed E-state index contributed by atoms with van der Waals surface area (Å²) in [5.41, 5.74) is 4.17. The monoisotopic (exact) mass is 367 g/mol. The summed E-state index contributed by atoms with van der Waals surface area (Å²) in [6.07, 6.45) is 0.250. The summed E-state index contributed by atoms with van der Waals surface area (Å²) in [6.45, 7) is 3.09. The molecule has 1 amide bonds. The van der Waals surface area contributed by atoms with Gasteiger partial charge in [-0.25, -0.2) is 4.31 Å². The highest BCUT2D eigenvalue weighted by Crippen LogP contribution is 2.66. The van der Waals surface area contributed by atoms with E-state index in [1.807, 2.05) is 27.7 Å². The maximum Gasteiger partial charge on any atom is 0.334 e. The van der Waals surface area contributed by atoms with E-state index in [1.54, 1.807) is 0 Å². The Labute approximate surface area is 130 Å². The van der Waals surface area contributed by atoms with E-state index in [0.717, 1.165) is 0 Å². The first-order chi connectivity index (χ1) is 9.36. The highest BCUT2D eigenvalue weighted by atomic mass is 32.5. The molecule has 0 spiro atoms. The molecule has 0 rings (SSSR count). The van der Waals surface area contributed by atoms with Crippen LogP contribution in [0.4, 0.5) is 0 Å². The Kier molecular flexibility index (Phi) is 15.1. The van der Waals surface area contributed by atoms with Crippen molar-refractivity contribution in [1.29, 1.82) is 0 Å². The van der Waals surface area contributed by atoms with E-state index >= 15 is 0 Å². The van der Waals surface area contributed by atoms with Crippen molar-refractivity contribution in [3.8, 4) is 0 Å². The second-order valence-corrected chi connectivity index (χ2v) is 8.94. The van der Waals surface area contributed by atoms with Gasteiger partial charge in [0.2, 0.25) is 6.41 Å². The summed E-state index contributed by atoms with van der Waals surface area (Å²) in [7, 11) is 0. The van der Waals surface area contributed by atoms with E-state index < -0.39 is 13.4 Å². The summed E-state index contributed by atoms with van der Waals surface area (Å²) < 4.78 is 26.9. The zero-order chi connectivity index (χ0) is 16.1. The molecule has 0 saturated carbocycles. The van der Waals surface area contributed by atoms with Crippen LogP contribution >= 0.6 is 13.4 Å². The third-order valence-corrected chi connectivity index (χ3v) is 7.71. The second-order valence-electron chi connectivity index (χ2n) is 2.78. The first-order valence-corrected chi connectivity index (χ1v) is 11.1. The van der Waals surface area contributed by atoms with E-state index in [0.29, 0.717) is 26.4 Å². The molecule has 0 aliphatic carbocycles. The molecular weight excluding hydrogens is 344 g/mol. The fraction of sp³-hybridized carbons (Fsp3) is 0.889. The summed E-state index contributed by atoms with van der Waals surface area (Å²) in [5.74, 6) is 0. The number of amides is 1. The van der Waals surface area contributed by atoms with Crippen LogP contribution < -0.4 is 5.73 Å². The SMILES string of the molecule is CCOP(=S)(OCC)OP(=S)(OCC)OCC.NC=O. The minimum Gasteiger partial charge on any atom is -0.372 e. The quantitative estimate of drug-likeness (QED) is 0.466. The number of hydrogen-bond acceptors (Lipinski definition) is 8. The van der Waals surface area contributed by atoms with Crippen LogP contribution in [0.15, 0.2) is 0 Å². The molecule has 2 N–H and O–H groups in total. The van der Waals surface area contributed by atoms with E-state index in [-0.39, 0.29) is 6.41 Å². The molecule has 122 valence electrons. The van der Waals surface area contributed by atoms with Gasteiger partial charge in [0, 0.05) is 0 Å². The molecule has 0 radical (unpaired) electrons. The van der Waals surface area contributed by atoms with Gasteiger partial charge in [0.1, 0.15) is 0 Å². The number of carbonyl (C=O) groups excluding carboxylic acids is 1. The van der Waals surface area contributed by atoms with Gasteiger partial charge in [-0.2, -0.15) is 0 Å². The molecule has 0 aromatic rings. The summed E-state index contributed by atoms with van der Waals surface area (Å²) in [6, 6.07) is 0. The topological polar surface area (TPSA) is 89.2 Å². The highest BCUT2D eigenvalue weighted by Gasteiger charge is 2.31. The molecule has 11 heteroatoms. The lowest BCUT2D eigenvalue weighted by atomic mass is 10.9. The Morgan fingerprint density at radius 3 is 1.20 bits per heavy atom. The lowest BCUT2D eigenvalue weighted by Crippen LogP contribution is -2.03. The van der Waals surface area contributed by atoms with Crippen LogP contribution in [0.5, 0.6) is 0 Å². The van der Waals surface area contributed by atoms with Gasteiger partial charge in [0.25, 0.3) is 0 Å². The predicted molar refractivity (Wildman–Crippen MR) is 86.4 cm³/mol. The Balaban J connectivity index is 0. The lowest BCUT2D eigenvalue weighted by molar-refractivity contribution is -0.106. The lowest BCUT2D eigenvalue weighted by Gasteiger charge is -2.27. The van der Waals surface area contributed by atoms with Gasteiger partial charge in [-0.3, -0.25) is 4.79 Å². The van der Waals surface area contributed by atoms with Crippen LogP contribution in [-0.2, 0) is 50.8 Å². The van der Waals surface area contributed by atoms with E-state index in [1.165, 1.54) is 0 Å². The Hall–Kier alpha value is 0.570. The Morgan fingerprint density at radius 1 is 0.850 bits per heavy atom. The van der Waals surface area contributed by atoms with Gasteiger partial charge in [0.15, 0.2) is 0 Å². The molecule has 0 aromatic carbocycles. The molecule has 0 unspecified atom stereocenters. The first-order valence-electron chi connectivity index (χ1n) is 6.01. The molecule has 7 nitrogen and oxygen atoms in total. The van der Waals surface area contributed by atoms with Crippen LogP contribution in [0, 0.1) is 0 Å². The zero-order valence-electron chi connectivity index (χ0n) is 12.1. The van der Waals surface area contributed by atoms with Gasteiger partial charge in [0.05, 0.1) is 26.4 Å². The molecular formula is C9H23NO6P2S2. The second kappa shape index (κ2) is 13.2. The minimum absolute atomic E-state index is 0.250. The zero-order valence-corrected chi connectivity index (χ0v) is 15.6. The number of carbonyl (C=O) groups is 1. The van der Waals surface area contributed by atoms with Crippen molar-refractivity contribution in [3.63, 3.8) is 0 Å². The van der Waals surface area contributed by atoms with Crippen molar-refractivity contribution in [2.24, 2.45) is 5.73 Å². The van der Waals surface area contributed by atoms with E-state index in [4.69, 9.17) is 50.8 Å². The Bertz CT molecular complexity index is 296. The van der Waals surface area contributed by atoms with Gasteiger partial charge < -0.3 is 23.8 Å². The first kappa shape index (κ1) is 22.8. The molecule has 0 aliphatic rings. The molecule has 0 aliphatic heterocycles. The van der Waals surface area contributed by atoms with Gasteiger partial charge in [-0.05, 0) is 51.3 Å². The van der Waals surface area contributed by atoms with Crippen LogP contribution in [0.2, 0.25) is 0 Å². The molecule has 0 fully saturated rings. The third-order valence-electron chi connectivity index (χ3n) is 1.35. The Morgan fingerprint density at radius 2 is 1.05 bits per heavy atom. The fourth-order valence-corrected chi connectivity index (χ4v) is 7.30. The van der Waals surface area contributed by atoms with Crippen molar-refractivity contribution in [3.05, 3.63) is 0 Å². The van der Waals surface area contributed by atoms with Crippen molar-refractivity contribution < 1.29 is 27.2 Å². The maximum absolute atomic E-state index is 8.58. The molecule has 20 heavy (non-hydrogen) atoms. The number of nitrogens with two attached hydrogens (primary N) is 1. The van der Waals surface area contributed by atoms with E-state index in [9.17, 15) is 0 Å². The average molecular weight is 367 g/mol. The summed E-state index contributed by atoms with van der Waals surface area (Å²) in [4.78, 5) is 8.58. The van der Waals surface area contributed by atoms with Crippen LogP contribution in [0.1, 0.15) is 27.7 Å². The van der Waals surface area contributed by atoms with Crippen LogP contribution in [0.3, 0.4) is 0 Å². The molecule has 0 saturated heterocycles. The number of rotatable bonds is 10. The van der Waals surface area contributed by atoms with Crippen molar-refractivity contribution >= 4 is 43.5 Å². The van der Waals surface area contributed by atoms with Crippen molar-refractivity contribution in [2.75, 3.05) is 26.4 Å². The average Bonchev–Trinajstić information content (AvgIpc) is 2.30. The molecule has 0 heterocycles. The standard InChI is InChI=1S/C8H20O5P2S2.CH3NO/c1-5-9-14(16,10-6-2)13-15(17,11-7-3)12-8-4;2-1-3/h5-8H2,1-4H3;1H,(H2,2,3). The van der Waals surface area contributed by atoms with Crippen molar-refractivity contribution in [2.45, 2.75) is 27.7 Å². The fourth-order valence-electron chi connectivity index (χ4n) is 0.924. The minimum atomic E-state index is -2.87. The number of hydrogen-bond donors (Lipinski definition) is 1. The molecule has 0 bridgehead atoms. The van der Waals surface area contributed by atoms with E-state index in [2.05, 4.69) is 5.73 Å². The highest BCUT2D eigenvalue weighted by molar-refractivity contribution is 8.14. The summed E-state index contributed by atoms with van der Waals surface area (Å²) in [5, 5.41) is 0. The van der Waals surface area contributed by atoms with Gasteiger partial charge in [-0.15, -0.1) is 0 Å². The molecule has 0 aromatic heterocycles. The normalized spacial score (nSPS) is 11.6. The maximum atomic E-state index is 8.58. The van der Waals surface area contributed by atoms with Gasteiger partial charge in [-0.1, -0.05) is 0 Å². The number of primary amides is 1.